The Morgan fingerprint density at radius 1 is 0.733 bits per heavy atom. The molecule has 5 nitrogen and oxygen atoms in total. The minimum Gasteiger partial charge on any atom is -0.341 e. The molecule has 3 N–H and O–H groups in total. The van der Waals surface area contributed by atoms with Gasteiger partial charge in [-0.2, -0.15) is 4.98 Å². The van der Waals surface area contributed by atoms with E-state index in [1.165, 1.54) is 0 Å². The third kappa shape index (κ3) is 3.07. The van der Waals surface area contributed by atoms with E-state index in [0.717, 1.165) is 22.2 Å². The molecule has 0 aliphatic heterocycles. The van der Waals surface area contributed by atoms with Crippen LogP contribution in [-0.4, -0.2) is 19.9 Å². The van der Waals surface area contributed by atoms with Crippen molar-refractivity contribution in [1.82, 2.24) is 19.9 Å². The van der Waals surface area contributed by atoms with Gasteiger partial charge in [0.25, 0.3) is 0 Å². The first-order valence-corrected chi connectivity index (χ1v) is 10.1. The number of aromatic nitrogens is 4. The van der Waals surface area contributed by atoms with E-state index in [1.54, 1.807) is 6.33 Å². The van der Waals surface area contributed by atoms with Crippen LogP contribution in [0.5, 0.6) is 0 Å². The summed E-state index contributed by atoms with van der Waals surface area (Å²) >= 11 is 5.53. The molecule has 0 amide bonds. The van der Waals surface area contributed by atoms with Gasteiger partial charge in [0, 0.05) is 0 Å². The van der Waals surface area contributed by atoms with Crippen LogP contribution in [0, 0.1) is 4.64 Å². The van der Waals surface area contributed by atoms with Crippen LogP contribution in [0.1, 0.15) is 16.7 Å². The molecule has 0 aliphatic rings. The Morgan fingerprint density at radius 3 is 1.73 bits per heavy atom. The van der Waals surface area contributed by atoms with Crippen LogP contribution in [0.4, 0.5) is 5.95 Å². The van der Waals surface area contributed by atoms with Crippen LogP contribution in [0.2, 0.25) is 0 Å². The number of fused-ring (bicyclic) bond motifs is 1. The molecule has 30 heavy (non-hydrogen) atoms. The molecule has 0 saturated heterocycles. The Bertz CT molecular complexity index is 1230. The number of nitrogens with zero attached hydrogens (tertiary/aromatic N) is 2. The number of H-pyrrole nitrogens is 2. The Kier molecular flexibility index (Phi) is 4.61. The summed E-state index contributed by atoms with van der Waals surface area (Å²) in [7, 11) is 0. The molecule has 2 aromatic heterocycles. The van der Waals surface area contributed by atoms with Crippen molar-refractivity contribution in [3.8, 4) is 0 Å². The van der Waals surface area contributed by atoms with Gasteiger partial charge in [0.15, 0.2) is 5.65 Å². The second-order valence-electron chi connectivity index (χ2n) is 6.99. The van der Waals surface area contributed by atoms with Crippen molar-refractivity contribution in [2.45, 2.75) is 5.54 Å². The van der Waals surface area contributed by atoms with E-state index in [1.807, 2.05) is 54.6 Å². The molecule has 0 saturated carbocycles. The summed E-state index contributed by atoms with van der Waals surface area (Å²) in [4.78, 5) is 15.2. The predicted molar refractivity (Wildman–Crippen MR) is 122 cm³/mol. The van der Waals surface area contributed by atoms with Crippen LogP contribution in [-0.2, 0) is 5.54 Å². The lowest BCUT2D eigenvalue weighted by molar-refractivity contribution is 0.701. The van der Waals surface area contributed by atoms with Gasteiger partial charge in [-0.1, -0.05) is 103 Å². The van der Waals surface area contributed by atoms with Gasteiger partial charge < -0.3 is 15.3 Å². The van der Waals surface area contributed by atoms with Gasteiger partial charge in [0.05, 0.1) is 6.33 Å². The maximum atomic E-state index is 5.53. The van der Waals surface area contributed by atoms with Crippen molar-refractivity contribution in [2.24, 2.45) is 0 Å². The summed E-state index contributed by atoms with van der Waals surface area (Å²) in [5.41, 5.74) is 3.88. The highest BCUT2D eigenvalue weighted by atomic mass is 32.1. The highest BCUT2D eigenvalue weighted by molar-refractivity contribution is 7.71. The molecule has 3 aromatic carbocycles. The maximum absolute atomic E-state index is 5.53. The van der Waals surface area contributed by atoms with Gasteiger partial charge in [-0.15, -0.1) is 0 Å². The second kappa shape index (κ2) is 7.57. The maximum Gasteiger partial charge on any atom is 0.204 e. The molecule has 0 spiro atoms. The van der Waals surface area contributed by atoms with Gasteiger partial charge in [-0.05, 0) is 16.7 Å². The SMILES string of the molecule is S=c1[nH]c(NC(c2ccccc2)(c2ccccc2)c2ccccc2)nc2nc[nH]c12. The smallest absolute Gasteiger partial charge is 0.204 e. The molecule has 0 aliphatic carbocycles. The first-order chi connectivity index (χ1) is 14.8. The Hall–Kier alpha value is -3.77. The molecule has 0 unspecified atom stereocenters. The molecular formula is C24H19N5S. The van der Waals surface area contributed by atoms with Crippen molar-refractivity contribution in [3.05, 3.63) is 119 Å². The van der Waals surface area contributed by atoms with E-state index in [2.05, 4.69) is 61.7 Å². The quantitative estimate of drug-likeness (QED) is 0.268. The van der Waals surface area contributed by atoms with Gasteiger partial charge in [0.2, 0.25) is 5.95 Å². The summed E-state index contributed by atoms with van der Waals surface area (Å²) in [6.07, 6.45) is 1.60. The zero-order valence-corrected chi connectivity index (χ0v) is 16.9. The summed E-state index contributed by atoms with van der Waals surface area (Å²) in [5, 5.41) is 3.68. The van der Waals surface area contributed by atoms with Gasteiger partial charge >= 0.3 is 0 Å². The second-order valence-corrected chi connectivity index (χ2v) is 7.40. The molecule has 0 atom stereocenters. The Labute approximate surface area is 178 Å². The fourth-order valence-electron chi connectivity index (χ4n) is 3.86. The fraction of sp³-hybridized carbons (Fsp3) is 0.0417. The molecule has 5 aromatic rings. The third-order valence-corrected chi connectivity index (χ3v) is 5.53. The first kappa shape index (κ1) is 18.3. The Morgan fingerprint density at radius 2 is 1.23 bits per heavy atom. The van der Waals surface area contributed by atoms with E-state index < -0.39 is 5.54 Å². The molecule has 2 heterocycles. The van der Waals surface area contributed by atoms with E-state index in [4.69, 9.17) is 12.2 Å². The first-order valence-electron chi connectivity index (χ1n) is 9.65. The number of aromatic amines is 2. The lowest BCUT2D eigenvalue weighted by atomic mass is 9.77. The number of rotatable bonds is 5. The zero-order valence-electron chi connectivity index (χ0n) is 16.0. The highest BCUT2D eigenvalue weighted by Crippen LogP contribution is 2.39. The number of nitrogens with one attached hydrogen (secondary N) is 3. The van der Waals surface area contributed by atoms with Crippen molar-refractivity contribution >= 4 is 29.3 Å². The number of hydrogen-bond donors (Lipinski definition) is 3. The summed E-state index contributed by atoms with van der Waals surface area (Å²) in [6, 6.07) is 31.1. The van der Waals surface area contributed by atoms with Crippen LogP contribution in [0.25, 0.3) is 11.2 Å². The number of anilines is 1. The van der Waals surface area contributed by atoms with Crippen molar-refractivity contribution in [3.63, 3.8) is 0 Å². The largest absolute Gasteiger partial charge is 0.341 e. The minimum absolute atomic E-state index is 0.552. The summed E-state index contributed by atoms with van der Waals surface area (Å²) in [6.45, 7) is 0. The van der Waals surface area contributed by atoms with Crippen LogP contribution >= 0.6 is 12.2 Å². The van der Waals surface area contributed by atoms with Gasteiger partial charge in [-0.25, -0.2) is 4.98 Å². The van der Waals surface area contributed by atoms with Crippen LogP contribution < -0.4 is 5.32 Å². The normalized spacial score (nSPS) is 11.5. The topological polar surface area (TPSA) is 69.4 Å². The number of imidazole rings is 1. The van der Waals surface area contributed by atoms with E-state index >= 15 is 0 Å². The molecule has 0 radical (unpaired) electrons. The molecule has 6 heteroatoms. The zero-order chi connectivity index (χ0) is 20.4. The molecule has 5 rings (SSSR count). The van der Waals surface area contributed by atoms with Gasteiger partial charge in [-0.3, -0.25) is 0 Å². The fourth-order valence-corrected chi connectivity index (χ4v) is 4.11. The average molecular weight is 410 g/mol. The van der Waals surface area contributed by atoms with E-state index in [9.17, 15) is 0 Å². The van der Waals surface area contributed by atoms with E-state index in [-0.39, 0.29) is 0 Å². The van der Waals surface area contributed by atoms with Crippen LogP contribution in [0.15, 0.2) is 97.3 Å². The van der Waals surface area contributed by atoms with E-state index in [0.29, 0.717) is 16.2 Å². The Balaban J connectivity index is 1.80. The van der Waals surface area contributed by atoms with Gasteiger partial charge in [0.1, 0.15) is 15.7 Å². The lowest BCUT2D eigenvalue weighted by Crippen LogP contribution is -2.38. The van der Waals surface area contributed by atoms with Crippen LogP contribution in [0.3, 0.4) is 0 Å². The van der Waals surface area contributed by atoms with Crippen molar-refractivity contribution in [1.29, 1.82) is 0 Å². The molecule has 0 bridgehead atoms. The van der Waals surface area contributed by atoms with Crippen molar-refractivity contribution < 1.29 is 0 Å². The average Bonchev–Trinajstić information content (AvgIpc) is 3.29. The summed E-state index contributed by atoms with van der Waals surface area (Å²) < 4.78 is 0.558. The standard InChI is InChI=1S/C24H19N5S/c30-22-20-21(26-16-25-20)27-23(28-22)29-24(17-10-4-1-5-11-17,18-12-6-2-7-13-18)19-14-8-3-9-15-19/h1-16H,(H3,25,26,27,28,29,30). The van der Waals surface area contributed by atoms with Crippen molar-refractivity contribution in [2.75, 3.05) is 5.32 Å². The monoisotopic (exact) mass is 409 g/mol. The highest BCUT2D eigenvalue weighted by Gasteiger charge is 2.37. The molecule has 0 fully saturated rings. The lowest BCUT2D eigenvalue weighted by Gasteiger charge is -2.37. The summed E-state index contributed by atoms with van der Waals surface area (Å²) in [5.74, 6) is 0.552. The molecular weight excluding hydrogens is 390 g/mol. The number of hydrogen-bond acceptors (Lipinski definition) is 4. The molecule has 146 valence electrons. The number of benzene rings is 3. The minimum atomic E-state index is -0.682. The predicted octanol–water partition coefficient (Wildman–Crippen LogP) is 5.42. The third-order valence-electron chi connectivity index (χ3n) is 5.22.